The summed E-state index contributed by atoms with van der Waals surface area (Å²) in [5.41, 5.74) is 1.71. The molecule has 2 bridgehead atoms. The van der Waals surface area contributed by atoms with Crippen molar-refractivity contribution in [3.63, 3.8) is 0 Å². The maximum Gasteiger partial charge on any atom is 0.410 e. The number of benzene rings is 1. The van der Waals surface area contributed by atoms with Gasteiger partial charge in [0.15, 0.2) is 17.3 Å². The number of piperazine rings is 1. The summed E-state index contributed by atoms with van der Waals surface area (Å²) < 4.78 is 13.7. The highest BCUT2D eigenvalue weighted by molar-refractivity contribution is 9.10. The van der Waals surface area contributed by atoms with E-state index in [1.165, 1.54) is 0 Å². The van der Waals surface area contributed by atoms with Gasteiger partial charge in [-0.3, -0.25) is 4.90 Å². The lowest BCUT2D eigenvalue weighted by molar-refractivity contribution is 0.0132. The molecule has 7 nitrogen and oxygen atoms in total. The van der Waals surface area contributed by atoms with Crippen molar-refractivity contribution >= 4 is 49.5 Å². The molecule has 1 amide bonds. The fourth-order valence-corrected chi connectivity index (χ4v) is 5.52. The molecule has 5 rings (SSSR count). The molecule has 0 N–H and O–H groups in total. The monoisotopic (exact) mass is 578 g/mol. The topological polar surface area (TPSA) is 58.1 Å². The van der Waals surface area contributed by atoms with E-state index in [1.54, 1.807) is 0 Å². The average Bonchev–Trinajstić information content (AvgIpc) is 3.32. The molecule has 0 unspecified atom stereocenters. The van der Waals surface area contributed by atoms with Crippen LogP contribution in [0.15, 0.2) is 33.3 Å². The summed E-state index contributed by atoms with van der Waals surface area (Å²) in [5, 5.41) is 0. The minimum Gasteiger partial charge on any atom is -0.451 e. The van der Waals surface area contributed by atoms with E-state index in [9.17, 15) is 4.79 Å². The molecule has 33 heavy (non-hydrogen) atoms. The molecule has 1 aromatic heterocycles. The highest BCUT2D eigenvalue weighted by atomic mass is 79.9. The summed E-state index contributed by atoms with van der Waals surface area (Å²) >= 11 is 7.13. The van der Waals surface area contributed by atoms with Crippen LogP contribution in [0.25, 0.3) is 0 Å². The second kappa shape index (κ2) is 8.43. The maximum atomic E-state index is 12.6. The quantitative estimate of drug-likeness (QED) is 0.454. The van der Waals surface area contributed by atoms with E-state index < -0.39 is 5.60 Å². The van der Waals surface area contributed by atoms with Gasteiger partial charge in [0.25, 0.3) is 0 Å². The van der Waals surface area contributed by atoms with Crippen LogP contribution in [0, 0.1) is 6.92 Å². The third-order valence-electron chi connectivity index (χ3n) is 6.40. The molecule has 3 aliphatic rings. The van der Waals surface area contributed by atoms with E-state index in [1.807, 2.05) is 44.0 Å². The highest BCUT2D eigenvalue weighted by Crippen LogP contribution is 2.48. The number of likely N-dealkylation sites (tertiary alicyclic amines) is 2. The molecule has 176 valence electrons. The Morgan fingerprint density at radius 3 is 2.64 bits per heavy atom. The van der Waals surface area contributed by atoms with E-state index in [-0.39, 0.29) is 12.1 Å². The van der Waals surface area contributed by atoms with Crippen LogP contribution < -0.4 is 9.64 Å². The first-order chi connectivity index (χ1) is 15.6. The minimum absolute atomic E-state index is 0.193. The SMILES string of the molecule is Cc1cc2c(cc1Br)Oc1cc(Br)cnc1N2CCN1C[C@H]2C[C@@H]1CN2C(=O)OC(C)(C)C. The van der Waals surface area contributed by atoms with Crippen LogP contribution in [0.2, 0.25) is 0 Å². The predicted octanol–water partition coefficient (Wildman–Crippen LogP) is 5.85. The van der Waals surface area contributed by atoms with Crippen molar-refractivity contribution in [1.29, 1.82) is 0 Å². The van der Waals surface area contributed by atoms with E-state index in [0.717, 1.165) is 70.1 Å². The van der Waals surface area contributed by atoms with Gasteiger partial charge in [-0.05, 0) is 67.7 Å². The molecule has 2 atom stereocenters. The third kappa shape index (κ3) is 4.47. The number of aryl methyl sites for hydroxylation is 1. The van der Waals surface area contributed by atoms with Crippen molar-refractivity contribution in [2.75, 3.05) is 31.1 Å². The van der Waals surface area contributed by atoms with E-state index >= 15 is 0 Å². The maximum absolute atomic E-state index is 12.6. The fraction of sp³-hybridized carbons (Fsp3) is 0.500. The molecule has 2 saturated heterocycles. The number of ether oxygens (including phenoxy) is 2. The number of carbonyl (C=O) groups is 1. The van der Waals surface area contributed by atoms with Crippen LogP contribution in [0.4, 0.5) is 16.3 Å². The van der Waals surface area contributed by atoms with E-state index in [0.29, 0.717) is 6.04 Å². The number of hydrogen-bond donors (Lipinski definition) is 0. The number of aromatic nitrogens is 1. The number of fused-ring (bicyclic) bond motifs is 4. The first-order valence-electron chi connectivity index (χ1n) is 11.2. The Morgan fingerprint density at radius 1 is 1.15 bits per heavy atom. The molecule has 9 heteroatoms. The van der Waals surface area contributed by atoms with Gasteiger partial charge in [0.2, 0.25) is 0 Å². The minimum atomic E-state index is -0.467. The molecule has 0 aliphatic carbocycles. The lowest BCUT2D eigenvalue weighted by Gasteiger charge is -2.37. The van der Waals surface area contributed by atoms with Gasteiger partial charge in [-0.1, -0.05) is 15.9 Å². The van der Waals surface area contributed by atoms with Gasteiger partial charge < -0.3 is 19.3 Å². The van der Waals surface area contributed by atoms with Crippen LogP contribution in [0.3, 0.4) is 0 Å². The number of amides is 1. The summed E-state index contributed by atoms with van der Waals surface area (Å²) in [7, 11) is 0. The van der Waals surface area contributed by atoms with Crippen LogP contribution in [0.1, 0.15) is 32.8 Å². The summed E-state index contributed by atoms with van der Waals surface area (Å²) in [6, 6.07) is 6.72. The smallest absolute Gasteiger partial charge is 0.410 e. The molecular formula is C24H28Br2N4O3. The number of nitrogens with zero attached hydrogens (tertiary/aromatic N) is 4. The van der Waals surface area contributed by atoms with E-state index in [4.69, 9.17) is 9.47 Å². The number of anilines is 2. The number of hydrogen-bond acceptors (Lipinski definition) is 6. The van der Waals surface area contributed by atoms with Gasteiger partial charge in [0.05, 0.1) is 5.69 Å². The van der Waals surface area contributed by atoms with Crippen LogP contribution in [-0.2, 0) is 4.74 Å². The number of carbonyl (C=O) groups excluding carboxylic acids is 1. The van der Waals surface area contributed by atoms with Crippen molar-refractivity contribution in [3.05, 3.63) is 38.9 Å². The lowest BCUT2D eigenvalue weighted by atomic mass is 10.1. The molecular weight excluding hydrogens is 552 g/mol. The molecule has 0 saturated carbocycles. The fourth-order valence-electron chi connectivity index (χ4n) is 4.89. The summed E-state index contributed by atoms with van der Waals surface area (Å²) in [5.74, 6) is 2.39. The second-order valence-electron chi connectivity index (χ2n) is 9.97. The third-order valence-corrected chi connectivity index (χ3v) is 7.69. The summed E-state index contributed by atoms with van der Waals surface area (Å²) in [6.07, 6.45) is 2.62. The Labute approximate surface area is 211 Å². The molecule has 2 aromatic rings. The van der Waals surface area contributed by atoms with Crippen molar-refractivity contribution in [2.45, 2.75) is 51.8 Å². The Kier molecular flexibility index (Phi) is 5.86. The van der Waals surface area contributed by atoms with Crippen LogP contribution >= 0.6 is 31.9 Å². The van der Waals surface area contributed by atoms with Crippen molar-refractivity contribution < 1.29 is 14.3 Å². The molecule has 2 fully saturated rings. The zero-order valence-corrected chi connectivity index (χ0v) is 22.4. The van der Waals surface area contributed by atoms with Gasteiger partial charge in [-0.15, -0.1) is 0 Å². The van der Waals surface area contributed by atoms with Crippen molar-refractivity contribution in [1.82, 2.24) is 14.8 Å². The Morgan fingerprint density at radius 2 is 1.94 bits per heavy atom. The molecule has 3 aliphatic heterocycles. The Balaban J connectivity index is 1.31. The summed E-state index contributed by atoms with van der Waals surface area (Å²) in [6.45, 7) is 11.1. The largest absolute Gasteiger partial charge is 0.451 e. The first kappa shape index (κ1) is 22.9. The standard InChI is InChI=1S/C24H28Br2N4O3/c1-14-7-19-20(10-18(14)26)32-21-8-15(25)11-27-22(21)29(19)6-5-28-12-17-9-16(28)13-30(17)23(31)33-24(2,3)4/h7-8,10-11,16-17H,5-6,9,12-13H2,1-4H3/t16-,17-/m1/s1. The zero-order chi connectivity index (χ0) is 23.5. The average molecular weight is 580 g/mol. The van der Waals surface area contributed by atoms with Crippen LogP contribution in [0.5, 0.6) is 11.5 Å². The van der Waals surface area contributed by atoms with Gasteiger partial charge in [0.1, 0.15) is 5.60 Å². The number of halogens is 2. The normalized spacial score (nSPS) is 21.6. The van der Waals surface area contributed by atoms with Gasteiger partial charge in [0, 0.05) is 59.5 Å². The van der Waals surface area contributed by atoms with Crippen LogP contribution in [-0.4, -0.2) is 64.7 Å². The number of pyridine rings is 1. The molecule has 0 spiro atoms. The zero-order valence-electron chi connectivity index (χ0n) is 19.3. The van der Waals surface area contributed by atoms with Crippen molar-refractivity contribution in [3.8, 4) is 11.5 Å². The van der Waals surface area contributed by atoms with Gasteiger partial charge >= 0.3 is 6.09 Å². The Bertz CT molecular complexity index is 1100. The summed E-state index contributed by atoms with van der Waals surface area (Å²) in [4.78, 5) is 23.9. The molecule has 0 radical (unpaired) electrons. The second-order valence-corrected chi connectivity index (χ2v) is 11.7. The number of rotatable bonds is 3. The van der Waals surface area contributed by atoms with Crippen molar-refractivity contribution in [2.24, 2.45) is 0 Å². The molecule has 1 aromatic carbocycles. The molecule has 4 heterocycles. The predicted molar refractivity (Wildman–Crippen MR) is 135 cm³/mol. The van der Waals surface area contributed by atoms with Gasteiger partial charge in [-0.2, -0.15) is 0 Å². The lowest BCUT2D eigenvalue weighted by Crippen LogP contribution is -2.51. The first-order valence-corrected chi connectivity index (χ1v) is 12.8. The highest BCUT2D eigenvalue weighted by Gasteiger charge is 2.46. The van der Waals surface area contributed by atoms with E-state index in [2.05, 4.69) is 59.6 Å². The van der Waals surface area contributed by atoms with Gasteiger partial charge in [-0.25, -0.2) is 9.78 Å². The Hall–Kier alpha value is -1.84.